The molecule has 1 heterocycles. The highest BCUT2D eigenvalue weighted by molar-refractivity contribution is 5.83. The van der Waals surface area contributed by atoms with Gasteiger partial charge < -0.3 is 24.8 Å². The topological polar surface area (TPSA) is 105 Å². The number of carbonyl (C=O) groups is 3. The summed E-state index contributed by atoms with van der Waals surface area (Å²) in [6.45, 7) is 1.03. The van der Waals surface area contributed by atoms with E-state index in [9.17, 15) is 19.5 Å². The summed E-state index contributed by atoms with van der Waals surface area (Å²) in [5.74, 6) is -1.15. The van der Waals surface area contributed by atoms with Crippen LogP contribution in [0.2, 0.25) is 0 Å². The molecular formula is C26H30N2O6. The molecule has 0 radical (unpaired) electrons. The Morgan fingerprint density at radius 1 is 1.03 bits per heavy atom. The van der Waals surface area contributed by atoms with Crippen molar-refractivity contribution in [2.24, 2.45) is 5.41 Å². The Morgan fingerprint density at radius 3 is 2.18 bits per heavy atom. The lowest BCUT2D eigenvalue weighted by atomic mass is 9.76. The van der Waals surface area contributed by atoms with E-state index in [2.05, 4.69) is 17.4 Å². The number of hydrogen-bond acceptors (Lipinski definition) is 5. The first-order chi connectivity index (χ1) is 16.4. The number of hydrogen-bond donors (Lipinski definition) is 2. The molecule has 2 aromatic rings. The van der Waals surface area contributed by atoms with Crippen molar-refractivity contribution in [1.29, 1.82) is 0 Å². The molecule has 0 bridgehead atoms. The van der Waals surface area contributed by atoms with Gasteiger partial charge in [-0.25, -0.2) is 4.79 Å². The third-order valence-corrected chi connectivity index (χ3v) is 7.04. The summed E-state index contributed by atoms with van der Waals surface area (Å²) in [4.78, 5) is 38.3. The first kappa shape index (κ1) is 23.8. The van der Waals surface area contributed by atoms with Gasteiger partial charge in [0.1, 0.15) is 13.2 Å². The molecule has 2 N–H and O–H groups in total. The van der Waals surface area contributed by atoms with Gasteiger partial charge in [0, 0.05) is 32.7 Å². The van der Waals surface area contributed by atoms with Gasteiger partial charge in [0.25, 0.3) is 0 Å². The van der Waals surface area contributed by atoms with Gasteiger partial charge in [-0.1, -0.05) is 48.5 Å². The lowest BCUT2D eigenvalue weighted by Gasteiger charge is -2.38. The van der Waals surface area contributed by atoms with Crippen LogP contribution >= 0.6 is 0 Å². The monoisotopic (exact) mass is 466 g/mol. The number of carboxylic acid groups (broad SMARTS) is 1. The van der Waals surface area contributed by atoms with E-state index in [-0.39, 0.29) is 25.0 Å². The molecule has 34 heavy (non-hydrogen) atoms. The summed E-state index contributed by atoms with van der Waals surface area (Å²) in [7, 11) is 1.54. The summed E-state index contributed by atoms with van der Waals surface area (Å²) in [5.41, 5.74) is 3.67. The molecule has 180 valence electrons. The van der Waals surface area contributed by atoms with Crippen molar-refractivity contribution < 1.29 is 29.0 Å². The molecule has 1 fully saturated rings. The maximum absolute atomic E-state index is 12.6. The second-order valence-electron chi connectivity index (χ2n) is 8.89. The van der Waals surface area contributed by atoms with Crippen molar-refractivity contribution in [3.63, 3.8) is 0 Å². The SMILES string of the molecule is COCCC1(C(=O)O)CCN(C(=O)CNC(=O)OCC2c3ccccc3-c3ccccc32)CC1. The van der Waals surface area contributed by atoms with Gasteiger partial charge in [-0.2, -0.15) is 0 Å². The number of likely N-dealkylation sites (tertiary alicyclic amines) is 1. The Hall–Kier alpha value is -3.39. The van der Waals surface area contributed by atoms with Crippen LogP contribution in [0.3, 0.4) is 0 Å². The van der Waals surface area contributed by atoms with E-state index in [1.54, 1.807) is 12.0 Å². The first-order valence-electron chi connectivity index (χ1n) is 11.5. The lowest BCUT2D eigenvalue weighted by molar-refractivity contribution is -0.155. The van der Waals surface area contributed by atoms with Crippen LogP contribution in [0.4, 0.5) is 4.79 Å². The standard InChI is InChI=1S/C26H30N2O6/c1-33-15-12-26(24(30)31)10-13-28(14-11-26)23(29)16-27-25(32)34-17-22-20-8-4-2-6-18(20)19-7-3-5-9-21(19)22/h2-9,22H,10-17H2,1H3,(H,27,32)(H,30,31). The molecule has 0 unspecified atom stereocenters. The minimum absolute atomic E-state index is 0.0489. The second kappa shape index (κ2) is 10.3. The van der Waals surface area contributed by atoms with Gasteiger partial charge in [0.05, 0.1) is 5.41 Å². The predicted molar refractivity (Wildman–Crippen MR) is 125 cm³/mol. The number of piperidine rings is 1. The third kappa shape index (κ3) is 4.77. The van der Waals surface area contributed by atoms with Crippen molar-refractivity contribution in [2.75, 3.05) is 40.0 Å². The molecule has 0 aromatic heterocycles. The number of nitrogens with zero attached hydrogens (tertiary/aromatic N) is 1. The molecule has 1 saturated heterocycles. The zero-order chi connectivity index (χ0) is 24.1. The maximum atomic E-state index is 12.6. The van der Waals surface area contributed by atoms with Gasteiger partial charge in [0.15, 0.2) is 0 Å². The molecule has 8 nitrogen and oxygen atoms in total. The van der Waals surface area contributed by atoms with E-state index in [1.165, 1.54) is 0 Å². The van der Waals surface area contributed by atoms with E-state index in [0.29, 0.717) is 39.0 Å². The number of methoxy groups -OCH3 is 1. The van der Waals surface area contributed by atoms with Gasteiger partial charge in [-0.15, -0.1) is 0 Å². The quantitative estimate of drug-likeness (QED) is 0.619. The largest absolute Gasteiger partial charge is 0.481 e. The van der Waals surface area contributed by atoms with E-state index >= 15 is 0 Å². The Balaban J connectivity index is 1.27. The molecule has 0 saturated carbocycles. The van der Waals surface area contributed by atoms with Gasteiger partial charge in [0.2, 0.25) is 5.91 Å². The highest BCUT2D eigenvalue weighted by Gasteiger charge is 2.42. The molecule has 0 atom stereocenters. The summed E-state index contributed by atoms with van der Waals surface area (Å²) in [5, 5.41) is 12.2. The van der Waals surface area contributed by atoms with Crippen molar-refractivity contribution in [2.45, 2.75) is 25.2 Å². The van der Waals surface area contributed by atoms with Crippen LogP contribution in [-0.2, 0) is 19.1 Å². The molecular weight excluding hydrogens is 436 g/mol. The van der Waals surface area contributed by atoms with Crippen LogP contribution < -0.4 is 5.32 Å². The van der Waals surface area contributed by atoms with Crippen molar-refractivity contribution in [1.82, 2.24) is 10.2 Å². The zero-order valence-corrected chi connectivity index (χ0v) is 19.3. The Labute approximate surface area is 198 Å². The fourth-order valence-electron chi connectivity index (χ4n) is 4.96. The molecule has 2 aromatic carbocycles. The first-order valence-corrected chi connectivity index (χ1v) is 11.5. The molecule has 8 heteroatoms. The van der Waals surface area contributed by atoms with Crippen molar-refractivity contribution in [3.05, 3.63) is 59.7 Å². The zero-order valence-electron chi connectivity index (χ0n) is 19.3. The van der Waals surface area contributed by atoms with Crippen LogP contribution in [0, 0.1) is 5.41 Å². The van der Waals surface area contributed by atoms with E-state index < -0.39 is 17.5 Å². The molecule has 0 spiro atoms. The Morgan fingerprint density at radius 2 is 1.62 bits per heavy atom. The highest BCUT2D eigenvalue weighted by Crippen LogP contribution is 2.44. The number of nitrogens with one attached hydrogen (secondary N) is 1. The van der Waals surface area contributed by atoms with Crippen molar-refractivity contribution in [3.8, 4) is 11.1 Å². The fraction of sp³-hybridized carbons (Fsp3) is 0.423. The predicted octanol–water partition coefficient (Wildman–Crippen LogP) is 3.26. The number of rotatable bonds is 8. The number of carboxylic acids is 1. The van der Waals surface area contributed by atoms with E-state index in [1.807, 2.05) is 36.4 Å². The third-order valence-electron chi connectivity index (χ3n) is 7.04. The number of carbonyl (C=O) groups excluding carboxylic acids is 2. The minimum atomic E-state index is -0.868. The Kier molecular flexibility index (Phi) is 7.17. The number of alkyl carbamates (subject to hydrolysis) is 1. The van der Waals surface area contributed by atoms with Crippen LogP contribution in [0.25, 0.3) is 11.1 Å². The van der Waals surface area contributed by atoms with Gasteiger partial charge in [-0.05, 0) is 41.5 Å². The smallest absolute Gasteiger partial charge is 0.407 e. The summed E-state index contributed by atoms with van der Waals surface area (Å²) >= 11 is 0. The van der Waals surface area contributed by atoms with Crippen molar-refractivity contribution >= 4 is 18.0 Å². The molecule has 2 amide bonds. The van der Waals surface area contributed by atoms with Crippen LogP contribution in [0.1, 0.15) is 36.3 Å². The second-order valence-corrected chi connectivity index (χ2v) is 8.89. The fourth-order valence-corrected chi connectivity index (χ4v) is 4.96. The van der Waals surface area contributed by atoms with Gasteiger partial charge >= 0.3 is 12.1 Å². The van der Waals surface area contributed by atoms with Gasteiger partial charge in [-0.3, -0.25) is 9.59 Å². The van der Waals surface area contributed by atoms with Crippen LogP contribution in [0.15, 0.2) is 48.5 Å². The normalized spacial score (nSPS) is 16.4. The number of amides is 2. The molecule has 2 aliphatic rings. The Bertz CT molecular complexity index is 1020. The maximum Gasteiger partial charge on any atom is 0.407 e. The summed E-state index contributed by atoms with van der Waals surface area (Å²) in [6.07, 6.45) is 0.496. The highest BCUT2D eigenvalue weighted by atomic mass is 16.5. The average Bonchev–Trinajstić information content (AvgIpc) is 3.18. The molecule has 4 rings (SSSR count). The summed E-state index contributed by atoms with van der Waals surface area (Å²) in [6, 6.07) is 16.2. The van der Waals surface area contributed by atoms with E-state index in [4.69, 9.17) is 9.47 Å². The van der Waals surface area contributed by atoms with E-state index in [0.717, 1.165) is 22.3 Å². The summed E-state index contributed by atoms with van der Waals surface area (Å²) < 4.78 is 10.5. The number of ether oxygens (including phenoxy) is 2. The molecule has 1 aliphatic heterocycles. The average molecular weight is 467 g/mol. The number of fused-ring (bicyclic) bond motifs is 3. The lowest BCUT2D eigenvalue weighted by Crippen LogP contribution is -2.49. The number of aliphatic carboxylic acids is 1. The number of benzene rings is 2. The molecule has 1 aliphatic carbocycles. The minimum Gasteiger partial charge on any atom is -0.481 e. The van der Waals surface area contributed by atoms with Crippen LogP contribution in [0.5, 0.6) is 0 Å². The van der Waals surface area contributed by atoms with Crippen LogP contribution in [-0.4, -0.2) is 67.9 Å².